The van der Waals surface area contributed by atoms with Crippen molar-refractivity contribution in [1.82, 2.24) is 14.9 Å². The smallest absolute Gasteiger partial charge is 0.0948 e. The number of thioether (sulfide) groups is 1. The molecule has 0 aromatic carbocycles. The molecule has 0 unspecified atom stereocenters. The minimum absolute atomic E-state index is 0.938. The average Bonchev–Trinajstić information content (AvgIpc) is 2.70. The summed E-state index contributed by atoms with van der Waals surface area (Å²) in [5.74, 6) is 1.27. The molecule has 0 fully saturated rings. The van der Waals surface area contributed by atoms with Crippen molar-refractivity contribution >= 4 is 11.8 Å². The Hall–Kier alpha value is -0.480. The van der Waals surface area contributed by atoms with Gasteiger partial charge in [0.25, 0.3) is 0 Å². The van der Waals surface area contributed by atoms with Gasteiger partial charge in [0, 0.05) is 19.3 Å². The highest BCUT2D eigenvalue weighted by atomic mass is 32.2. The lowest BCUT2D eigenvalue weighted by Crippen LogP contribution is -2.17. The second kappa shape index (κ2) is 7.77. The lowest BCUT2D eigenvalue weighted by atomic mass is 10.3. The van der Waals surface area contributed by atoms with Crippen LogP contribution >= 0.6 is 11.8 Å². The van der Waals surface area contributed by atoms with Crippen molar-refractivity contribution < 1.29 is 0 Å². The average molecular weight is 227 g/mol. The molecule has 0 saturated carbocycles. The monoisotopic (exact) mass is 227 g/mol. The van der Waals surface area contributed by atoms with Gasteiger partial charge in [-0.2, -0.15) is 11.8 Å². The Kier molecular flexibility index (Phi) is 6.52. The summed E-state index contributed by atoms with van der Waals surface area (Å²) in [6, 6.07) is 0. The number of unbranched alkanes of at least 4 members (excludes halogenated alkanes) is 1. The number of hydrogen-bond donors (Lipinski definition) is 1. The first kappa shape index (κ1) is 12.6. The molecule has 0 atom stereocenters. The molecule has 1 heterocycles. The van der Waals surface area contributed by atoms with Crippen molar-refractivity contribution in [2.24, 2.45) is 0 Å². The maximum Gasteiger partial charge on any atom is 0.0948 e. The molecule has 0 bridgehead atoms. The second-order valence-corrected chi connectivity index (χ2v) is 4.53. The van der Waals surface area contributed by atoms with Crippen molar-refractivity contribution in [1.29, 1.82) is 0 Å². The lowest BCUT2D eigenvalue weighted by Gasteiger charge is -2.06. The van der Waals surface area contributed by atoms with Gasteiger partial charge in [-0.25, -0.2) is 4.98 Å². The zero-order valence-electron chi connectivity index (χ0n) is 9.70. The maximum absolute atomic E-state index is 4.14. The SMILES string of the molecule is CCn1cncc1CNCCCCSC. The van der Waals surface area contributed by atoms with Crippen LogP contribution in [-0.2, 0) is 13.1 Å². The number of aryl methyl sites for hydroxylation is 1. The number of rotatable bonds is 8. The zero-order valence-corrected chi connectivity index (χ0v) is 10.5. The maximum atomic E-state index is 4.14. The van der Waals surface area contributed by atoms with E-state index in [0.717, 1.165) is 19.6 Å². The topological polar surface area (TPSA) is 29.9 Å². The van der Waals surface area contributed by atoms with Crippen molar-refractivity contribution in [2.45, 2.75) is 32.9 Å². The fourth-order valence-corrected chi connectivity index (χ4v) is 1.99. The van der Waals surface area contributed by atoms with E-state index in [9.17, 15) is 0 Å². The van der Waals surface area contributed by atoms with Gasteiger partial charge >= 0.3 is 0 Å². The van der Waals surface area contributed by atoms with Gasteiger partial charge in [-0.1, -0.05) is 0 Å². The van der Waals surface area contributed by atoms with E-state index in [-0.39, 0.29) is 0 Å². The zero-order chi connectivity index (χ0) is 10.9. The first-order valence-electron chi connectivity index (χ1n) is 5.57. The molecule has 0 aliphatic rings. The van der Waals surface area contributed by atoms with E-state index in [1.807, 2.05) is 24.3 Å². The number of nitrogens with zero attached hydrogens (tertiary/aromatic N) is 2. The summed E-state index contributed by atoms with van der Waals surface area (Å²) in [6.07, 6.45) is 8.57. The predicted octanol–water partition coefficient (Wildman–Crippen LogP) is 2.14. The van der Waals surface area contributed by atoms with Gasteiger partial charge in [0.05, 0.1) is 12.0 Å². The van der Waals surface area contributed by atoms with Crippen molar-refractivity contribution in [3.8, 4) is 0 Å². The van der Waals surface area contributed by atoms with Gasteiger partial charge < -0.3 is 9.88 Å². The largest absolute Gasteiger partial charge is 0.334 e. The van der Waals surface area contributed by atoms with Gasteiger partial charge in [-0.15, -0.1) is 0 Å². The molecule has 0 radical (unpaired) electrons. The molecule has 1 aromatic rings. The number of hydrogen-bond acceptors (Lipinski definition) is 3. The van der Waals surface area contributed by atoms with Crippen molar-refractivity contribution in [2.75, 3.05) is 18.6 Å². The molecule has 1 aromatic heterocycles. The molecule has 15 heavy (non-hydrogen) atoms. The van der Waals surface area contributed by atoms with Crippen LogP contribution in [0.5, 0.6) is 0 Å². The lowest BCUT2D eigenvalue weighted by molar-refractivity contribution is 0.606. The van der Waals surface area contributed by atoms with Crippen molar-refractivity contribution in [3.63, 3.8) is 0 Å². The fourth-order valence-electron chi connectivity index (χ4n) is 1.49. The van der Waals surface area contributed by atoms with Crippen LogP contribution in [0.1, 0.15) is 25.5 Å². The molecule has 1 rings (SSSR count). The van der Waals surface area contributed by atoms with Crippen LogP contribution in [0.25, 0.3) is 0 Å². The highest BCUT2D eigenvalue weighted by molar-refractivity contribution is 7.98. The summed E-state index contributed by atoms with van der Waals surface area (Å²) in [7, 11) is 0. The van der Waals surface area contributed by atoms with Crippen LogP contribution in [0.2, 0.25) is 0 Å². The summed E-state index contributed by atoms with van der Waals surface area (Å²) in [5, 5.41) is 3.45. The Bertz CT molecular complexity index is 260. The quantitative estimate of drug-likeness (QED) is 0.690. The highest BCUT2D eigenvalue weighted by Gasteiger charge is 1.98. The Labute approximate surface area is 96.7 Å². The van der Waals surface area contributed by atoms with E-state index in [0.29, 0.717) is 0 Å². The summed E-state index contributed by atoms with van der Waals surface area (Å²) < 4.78 is 2.18. The normalized spacial score (nSPS) is 10.8. The summed E-state index contributed by atoms with van der Waals surface area (Å²) in [4.78, 5) is 4.14. The molecule has 0 saturated heterocycles. The Balaban J connectivity index is 2.09. The molecule has 3 nitrogen and oxygen atoms in total. The predicted molar refractivity (Wildman–Crippen MR) is 67.2 cm³/mol. The van der Waals surface area contributed by atoms with Crippen LogP contribution in [0.3, 0.4) is 0 Å². The van der Waals surface area contributed by atoms with Gasteiger partial charge in [0.1, 0.15) is 0 Å². The summed E-state index contributed by atoms with van der Waals surface area (Å²) in [6.45, 7) is 5.19. The van der Waals surface area contributed by atoms with Crippen LogP contribution < -0.4 is 5.32 Å². The van der Waals surface area contributed by atoms with E-state index in [2.05, 4.69) is 28.0 Å². The minimum Gasteiger partial charge on any atom is -0.334 e. The summed E-state index contributed by atoms with van der Waals surface area (Å²) >= 11 is 1.92. The first-order valence-corrected chi connectivity index (χ1v) is 6.96. The third-order valence-electron chi connectivity index (χ3n) is 2.40. The van der Waals surface area contributed by atoms with E-state index >= 15 is 0 Å². The second-order valence-electron chi connectivity index (χ2n) is 3.55. The van der Waals surface area contributed by atoms with Crippen LogP contribution in [0.15, 0.2) is 12.5 Å². The molecular weight excluding hydrogens is 206 g/mol. The Morgan fingerprint density at radius 2 is 2.33 bits per heavy atom. The van der Waals surface area contributed by atoms with Gasteiger partial charge in [0.15, 0.2) is 0 Å². The molecule has 0 aliphatic carbocycles. The van der Waals surface area contributed by atoms with Crippen LogP contribution in [-0.4, -0.2) is 28.1 Å². The number of imidazole rings is 1. The number of aromatic nitrogens is 2. The van der Waals surface area contributed by atoms with Crippen LogP contribution in [0, 0.1) is 0 Å². The van der Waals surface area contributed by atoms with Gasteiger partial charge in [-0.3, -0.25) is 0 Å². The molecule has 86 valence electrons. The summed E-state index contributed by atoms with van der Waals surface area (Å²) in [5.41, 5.74) is 1.28. The molecule has 0 spiro atoms. The third kappa shape index (κ3) is 4.71. The third-order valence-corrected chi connectivity index (χ3v) is 3.09. The van der Waals surface area contributed by atoms with Gasteiger partial charge in [-0.05, 0) is 38.3 Å². The van der Waals surface area contributed by atoms with Crippen LogP contribution in [0.4, 0.5) is 0 Å². The van der Waals surface area contributed by atoms with Crippen molar-refractivity contribution in [3.05, 3.63) is 18.2 Å². The van der Waals surface area contributed by atoms with E-state index < -0.39 is 0 Å². The van der Waals surface area contributed by atoms with Gasteiger partial charge in [0.2, 0.25) is 0 Å². The Morgan fingerprint density at radius 1 is 1.47 bits per heavy atom. The number of nitrogens with one attached hydrogen (secondary N) is 1. The Morgan fingerprint density at radius 3 is 3.07 bits per heavy atom. The van der Waals surface area contributed by atoms with E-state index in [1.165, 1.54) is 24.3 Å². The molecule has 0 aliphatic heterocycles. The molecule has 4 heteroatoms. The van der Waals surface area contributed by atoms with E-state index in [4.69, 9.17) is 0 Å². The van der Waals surface area contributed by atoms with E-state index in [1.54, 1.807) is 0 Å². The minimum atomic E-state index is 0.938. The highest BCUT2D eigenvalue weighted by Crippen LogP contribution is 2.00. The molecule has 1 N–H and O–H groups in total. The molecule has 0 amide bonds. The standard InChI is InChI=1S/C11H21N3S/c1-3-14-10-13-9-11(14)8-12-6-4-5-7-15-2/h9-10,12H,3-8H2,1-2H3. The molecular formula is C11H21N3S. The fraction of sp³-hybridized carbons (Fsp3) is 0.727. The first-order chi connectivity index (χ1) is 7.38.